The topological polar surface area (TPSA) is 58.6 Å². The number of piperidine rings is 1. The fourth-order valence-corrected chi connectivity index (χ4v) is 4.03. The van der Waals surface area contributed by atoms with Crippen LogP contribution < -0.4 is 0 Å². The van der Waals surface area contributed by atoms with E-state index in [1.54, 1.807) is 6.20 Å². The summed E-state index contributed by atoms with van der Waals surface area (Å²) in [6.45, 7) is 5.17. The van der Waals surface area contributed by atoms with Gasteiger partial charge in [-0.15, -0.1) is 0 Å². The minimum atomic E-state index is 0.221. The predicted molar refractivity (Wildman–Crippen MR) is 108 cm³/mol. The van der Waals surface area contributed by atoms with E-state index in [-0.39, 0.29) is 5.91 Å². The summed E-state index contributed by atoms with van der Waals surface area (Å²) < 4.78 is 5.35. The molecule has 1 amide bonds. The fraction of sp³-hybridized carbons (Fsp3) is 0.476. The Morgan fingerprint density at radius 2 is 1.93 bits per heavy atom. The van der Waals surface area contributed by atoms with Crippen molar-refractivity contribution in [3.63, 3.8) is 0 Å². The number of hydrogen-bond donors (Lipinski definition) is 0. The molecule has 2 saturated heterocycles. The molecule has 6 nitrogen and oxygen atoms in total. The lowest BCUT2D eigenvalue weighted by Crippen LogP contribution is -2.46. The molecular formula is C21H25ClN4O2. The van der Waals surface area contributed by atoms with Gasteiger partial charge in [-0.3, -0.25) is 14.7 Å². The van der Waals surface area contributed by atoms with Crippen molar-refractivity contribution in [2.75, 3.05) is 45.9 Å². The Hall–Kier alpha value is -2.02. The molecule has 3 heterocycles. The standard InChI is InChI=1S/C21H25ClN4O2/c22-18-3-1-2-17(12-18)20-14-23-13-19(24-20)16-4-6-26(7-5-16)21(27)15-25-8-10-28-11-9-25/h1-3,12-14,16H,4-11,15H2. The minimum Gasteiger partial charge on any atom is -0.379 e. The summed E-state index contributed by atoms with van der Waals surface area (Å²) in [4.78, 5) is 26.0. The van der Waals surface area contributed by atoms with Crippen LogP contribution in [0, 0.1) is 0 Å². The predicted octanol–water partition coefficient (Wildman–Crippen LogP) is 2.84. The van der Waals surface area contributed by atoms with E-state index in [0.717, 1.165) is 69.2 Å². The van der Waals surface area contributed by atoms with E-state index in [2.05, 4.69) is 9.88 Å². The average molecular weight is 401 g/mol. The summed E-state index contributed by atoms with van der Waals surface area (Å²) in [6, 6.07) is 7.67. The second-order valence-corrected chi connectivity index (χ2v) is 7.82. The fourth-order valence-electron chi connectivity index (χ4n) is 3.84. The maximum atomic E-state index is 12.6. The van der Waals surface area contributed by atoms with Gasteiger partial charge in [0, 0.05) is 48.9 Å². The minimum absolute atomic E-state index is 0.221. The van der Waals surface area contributed by atoms with Crippen LogP contribution in [0.3, 0.4) is 0 Å². The number of benzene rings is 1. The van der Waals surface area contributed by atoms with Gasteiger partial charge in [0.1, 0.15) is 0 Å². The van der Waals surface area contributed by atoms with Gasteiger partial charge in [0.2, 0.25) is 5.91 Å². The van der Waals surface area contributed by atoms with Crippen LogP contribution in [0.25, 0.3) is 11.3 Å². The van der Waals surface area contributed by atoms with E-state index in [1.165, 1.54) is 0 Å². The Balaban J connectivity index is 1.36. The summed E-state index contributed by atoms with van der Waals surface area (Å²) in [5.41, 5.74) is 2.81. The molecular weight excluding hydrogens is 376 g/mol. The van der Waals surface area contributed by atoms with Crippen LogP contribution in [0.5, 0.6) is 0 Å². The normalized spacial score (nSPS) is 19.0. The lowest BCUT2D eigenvalue weighted by atomic mass is 9.93. The highest BCUT2D eigenvalue weighted by atomic mass is 35.5. The number of carbonyl (C=O) groups is 1. The van der Waals surface area contributed by atoms with Crippen LogP contribution in [0.4, 0.5) is 0 Å². The van der Waals surface area contributed by atoms with Crippen molar-refractivity contribution >= 4 is 17.5 Å². The zero-order chi connectivity index (χ0) is 19.3. The second kappa shape index (κ2) is 8.99. The van der Waals surface area contributed by atoms with Gasteiger partial charge < -0.3 is 9.64 Å². The van der Waals surface area contributed by atoms with E-state index in [4.69, 9.17) is 21.3 Å². The van der Waals surface area contributed by atoms with Gasteiger partial charge in [0.05, 0.1) is 37.3 Å². The summed E-state index contributed by atoms with van der Waals surface area (Å²) in [6.07, 6.45) is 5.46. The summed E-state index contributed by atoms with van der Waals surface area (Å²) in [7, 11) is 0. The maximum Gasteiger partial charge on any atom is 0.236 e. The molecule has 0 unspecified atom stereocenters. The third kappa shape index (κ3) is 4.69. The number of likely N-dealkylation sites (tertiary alicyclic amines) is 1. The average Bonchev–Trinajstić information content (AvgIpc) is 2.75. The Labute approximate surface area is 170 Å². The van der Waals surface area contributed by atoms with Gasteiger partial charge in [-0.2, -0.15) is 0 Å². The van der Waals surface area contributed by atoms with Gasteiger partial charge in [0.25, 0.3) is 0 Å². The molecule has 2 aliphatic heterocycles. The number of halogens is 1. The molecule has 1 aromatic heterocycles. The highest BCUT2D eigenvalue weighted by molar-refractivity contribution is 6.30. The van der Waals surface area contributed by atoms with Gasteiger partial charge in [0.15, 0.2) is 0 Å². The Morgan fingerprint density at radius 3 is 2.68 bits per heavy atom. The molecule has 2 aliphatic rings. The molecule has 0 radical (unpaired) electrons. The monoisotopic (exact) mass is 400 g/mol. The second-order valence-electron chi connectivity index (χ2n) is 7.38. The first-order chi connectivity index (χ1) is 13.7. The molecule has 0 bridgehead atoms. The Kier molecular flexibility index (Phi) is 6.20. The van der Waals surface area contributed by atoms with E-state index in [9.17, 15) is 4.79 Å². The molecule has 0 N–H and O–H groups in total. The number of aromatic nitrogens is 2. The first-order valence-corrected chi connectivity index (χ1v) is 10.2. The third-order valence-electron chi connectivity index (χ3n) is 5.50. The van der Waals surface area contributed by atoms with E-state index in [0.29, 0.717) is 17.5 Å². The van der Waals surface area contributed by atoms with E-state index in [1.807, 2.05) is 35.4 Å². The molecule has 0 atom stereocenters. The molecule has 7 heteroatoms. The van der Waals surface area contributed by atoms with Crippen molar-refractivity contribution in [2.45, 2.75) is 18.8 Å². The third-order valence-corrected chi connectivity index (χ3v) is 5.74. The van der Waals surface area contributed by atoms with Crippen molar-refractivity contribution in [1.29, 1.82) is 0 Å². The summed E-state index contributed by atoms with van der Waals surface area (Å²) in [5.74, 6) is 0.554. The van der Waals surface area contributed by atoms with Crippen molar-refractivity contribution in [2.24, 2.45) is 0 Å². The number of ether oxygens (including phenoxy) is 1. The Morgan fingerprint density at radius 1 is 1.14 bits per heavy atom. The number of amides is 1. The number of morpholine rings is 1. The van der Waals surface area contributed by atoms with Crippen LogP contribution in [0.15, 0.2) is 36.7 Å². The Bertz CT molecular complexity index is 818. The molecule has 148 valence electrons. The number of carbonyl (C=O) groups excluding carboxylic acids is 1. The van der Waals surface area contributed by atoms with Crippen LogP contribution in [0.1, 0.15) is 24.5 Å². The lowest BCUT2D eigenvalue weighted by molar-refractivity contribution is -0.134. The van der Waals surface area contributed by atoms with Gasteiger partial charge >= 0.3 is 0 Å². The molecule has 28 heavy (non-hydrogen) atoms. The first-order valence-electron chi connectivity index (χ1n) is 9.85. The smallest absolute Gasteiger partial charge is 0.236 e. The SMILES string of the molecule is O=C(CN1CCOCC1)N1CCC(c2cncc(-c3cccc(Cl)c3)n2)CC1. The number of rotatable bonds is 4. The largest absolute Gasteiger partial charge is 0.379 e. The highest BCUT2D eigenvalue weighted by Crippen LogP contribution is 2.28. The summed E-state index contributed by atoms with van der Waals surface area (Å²) in [5, 5.41) is 0.691. The molecule has 4 rings (SSSR count). The van der Waals surface area contributed by atoms with Gasteiger partial charge in [-0.25, -0.2) is 4.98 Å². The van der Waals surface area contributed by atoms with Crippen LogP contribution >= 0.6 is 11.6 Å². The molecule has 1 aromatic carbocycles. The zero-order valence-corrected chi connectivity index (χ0v) is 16.6. The van der Waals surface area contributed by atoms with E-state index >= 15 is 0 Å². The molecule has 2 aromatic rings. The molecule has 2 fully saturated rings. The van der Waals surface area contributed by atoms with Crippen molar-refractivity contribution in [3.05, 3.63) is 47.4 Å². The highest BCUT2D eigenvalue weighted by Gasteiger charge is 2.26. The van der Waals surface area contributed by atoms with Crippen molar-refractivity contribution < 1.29 is 9.53 Å². The van der Waals surface area contributed by atoms with Crippen LogP contribution in [0.2, 0.25) is 5.02 Å². The van der Waals surface area contributed by atoms with Crippen LogP contribution in [-0.4, -0.2) is 71.6 Å². The number of hydrogen-bond acceptors (Lipinski definition) is 5. The van der Waals surface area contributed by atoms with Gasteiger partial charge in [-0.1, -0.05) is 23.7 Å². The summed E-state index contributed by atoms with van der Waals surface area (Å²) >= 11 is 6.10. The van der Waals surface area contributed by atoms with Gasteiger partial charge in [-0.05, 0) is 25.0 Å². The molecule has 0 saturated carbocycles. The number of nitrogens with zero attached hydrogens (tertiary/aromatic N) is 4. The van der Waals surface area contributed by atoms with E-state index < -0.39 is 0 Å². The zero-order valence-electron chi connectivity index (χ0n) is 15.9. The van der Waals surface area contributed by atoms with Crippen molar-refractivity contribution in [1.82, 2.24) is 19.8 Å². The van der Waals surface area contributed by atoms with Crippen molar-refractivity contribution in [3.8, 4) is 11.3 Å². The lowest BCUT2D eigenvalue weighted by Gasteiger charge is -2.34. The van der Waals surface area contributed by atoms with Crippen LogP contribution in [-0.2, 0) is 9.53 Å². The first kappa shape index (κ1) is 19.3. The maximum absolute atomic E-state index is 12.6. The molecule has 0 spiro atoms. The quantitative estimate of drug-likeness (QED) is 0.789. The molecule has 0 aliphatic carbocycles.